The van der Waals surface area contributed by atoms with Gasteiger partial charge in [-0.3, -0.25) is 4.98 Å². The minimum absolute atomic E-state index is 0.168. The van der Waals surface area contributed by atoms with Gasteiger partial charge in [-0.15, -0.1) is 11.6 Å². The van der Waals surface area contributed by atoms with Gasteiger partial charge in [0.25, 0.3) is 0 Å². The maximum absolute atomic E-state index is 5.80. The summed E-state index contributed by atoms with van der Waals surface area (Å²) in [4.78, 5) is 8.12. The van der Waals surface area contributed by atoms with Crippen LogP contribution >= 0.6 is 11.6 Å². The van der Waals surface area contributed by atoms with Crippen molar-refractivity contribution in [3.05, 3.63) is 12.4 Å². The molecular formula is C9H14ClN3O. The molecule has 0 saturated heterocycles. The molecule has 1 unspecified atom stereocenters. The number of nitrogens with one attached hydrogen (secondary N) is 1. The predicted molar refractivity (Wildman–Crippen MR) is 57.0 cm³/mol. The molecule has 0 aliphatic rings. The van der Waals surface area contributed by atoms with E-state index in [-0.39, 0.29) is 5.38 Å². The van der Waals surface area contributed by atoms with Crippen molar-refractivity contribution < 1.29 is 4.74 Å². The van der Waals surface area contributed by atoms with E-state index in [0.717, 1.165) is 13.0 Å². The number of rotatable bonds is 5. The molecule has 0 aromatic carbocycles. The third-order valence-electron chi connectivity index (χ3n) is 1.67. The highest BCUT2D eigenvalue weighted by molar-refractivity contribution is 6.20. The molecule has 1 aromatic rings. The Morgan fingerprint density at radius 2 is 2.36 bits per heavy atom. The van der Waals surface area contributed by atoms with Crippen LogP contribution in [-0.4, -0.2) is 29.0 Å². The summed E-state index contributed by atoms with van der Waals surface area (Å²) in [5.41, 5.74) is 0. The van der Waals surface area contributed by atoms with Crippen LogP contribution < -0.4 is 10.1 Å². The van der Waals surface area contributed by atoms with Crippen molar-refractivity contribution in [1.82, 2.24) is 9.97 Å². The highest BCUT2D eigenvalue weighted by Crippen LogP contribution is 2.08. The van der Waals surface area contributed by atoms with E-state index in [1.807, 2.05) is 6.92 Å². The molecule has 1 aromatic heterocycles. The lowest BCUT2D eigenvalue weighted by Crippen LogP contribution is -2.07. The summed E-state index contributed by atoms with van der Waals surface area (Å²) in [6, 6.07) is 0. The van der Waals surface area contributed by atoms with Gasteiger partial charge in [0, 0.05) is 11.9 Å². The molecule has 0 radical (unpaired) electrons. The summed E-state index contributed by atoms with van der Waals surface area (Å²) in [5, 5.41) is 3.28. The number of alkyl halides is 1. The zero-order valence-corrected chi connectivity index (χ0v) is 9.08. The van der Waals surface area contributed by atoms with Gasteiger partial charge in [0.15, 0.2) is 0 Å². The van der Waals surface area contributed by atoms with Crippen molar-refractivity contribution in [2.75, 3.05) is 19.0 Å². The zero-order chi connectivity index (χ0) is 10.4. The number of hydrogen-bond acceptors (Lipinski definition) is 4. The van der Waals surface area contributed by atoms with E-state index >= 15 is 0 Å². The van der Waals surface area contributed by atoms with Gasteiger partial charge in [-0.2, -0.15) is 4.98 Å². The second-order valence-electron chi connectivity index (χ2n) is 2.94. The van der Waals surface area contributed by atoms with E-state index in [9.17, 15) is 0 Å². The molecule has 1 N–H and O–H groups in total. The maximum Gasteiger partial charge on any atom is 0.233 e. The van der Waals surface area contributed by atoms with E-state index in [1.54, 1.807) is 19.5 Å². The fourth-order valence-electron chi connectivity index (χ4n) is 0.931. The standard InChI is InChI=1S/C9H14ClN3O/c1-7(10)3-4-12-8-5-11-6-9(13-8)14-2/h5-7H,3-4H2,1-2H3,(H,12,13). The quantitative estimate of drug-likeness (QED) is 0.763. The number of methoxy groups -OCH3 is 1. The van der Waals surface area contributed by atoms with E-state index in [2.05, 4.69) is 15.3 Å². The Morgan fingerprint density at radius 3 is 3.00 bits per heavy atom. The lowest BCUT2D eigenvalue weighted by atomic mass is 10.3. The van der Waals surface area contributed by atoms with Crippen LogP contribution in [0.5, 0.6) is 5.88 Å². The number of hydrogen-bond donors (Lipinski definition) is 1. The first kappa shape index (κ1) is 11.0. The number of aromatic nitrogens is 2. The Bertz CT molecular complexity index is 281. The van der Waals surface area contributed by atoms with Gasteiger partial charge >= 0.3 is 0 Å². The normalized spacial score (nSPS) is 12.2. The average molecular weight is 216 g/mol. The maximum atomic E-state index is 5.80. The average Bonchev–Trinajstić information content (AvgIpc) is 2.18. The van der Waals surface area contributed by atoms with Crippen molar-refractivity contribution in [2.24, 2.45) is 0 Å². The van der Waals surface area contributed by atoms with Gasteiger partial charge in [0.1, 0.15) is 5.82 Å². The number of anilines is 1. The highest BCUT2D eigenvalue weighted by atomic mass is 35.5. The summed E-state index contributed by atoms with van der Waals surface area (Å²) in [6.45, 7) is 2.74. The van der Waals surface area contributed by atoms with Crippen LogP contribution in [0.25, 0.3) is 0 Å². The Labute approximate surface area is 88.7 Å². The summed E-state index contributed by atoms with van der Waals surface area (Å²) in [7, 11) is 1.56. The lowest BCUT2D eigenvalue weighted by Gasteiger charge is -2.06. The van der Waals surface area contributed by atoms with Crippen LogP contribution in [0.1, 0.15) is 13.3 Å². The van der Waals surface area contributed by atoms with Crippen LogP contribution in [0.4, 0.5) is 5.82 Å². The molecule has 14 heavy (non-hydrogen) atoms. The van der Waals surface area contributed by atoms with Crippen LogP contribution in [0.15, 0.2) is 12.4 Å². The minimum atomic E-state index is 0.168. The van der Waals surface area contributed by atoms with Crippen molar-refractivity contribution >= 4 is 17.4 Å². The van der Waals surface area contributed by atoms with Crippen molar-refractivity contribution in [3.63, 3.8) is 0 Å². The van der Waals surface area contributed by atoms with E-state index < -0.39 is 0 Å². The van der Waals surface area contributed by atoms with Crippen LogP contribution in [0.2, 0.25) is 0 Å². The minimum Gasteiger partial charge on any atom is -0.480 e. The van der Waals surface area contributed by atoms with E-state index in [4.69, 9.17) is 16.3 Å². The smallest absolute Gasteiger partial charge is 0.233 e. The molecule has 0 saturated carbocycles. The SMILES string of the molecule is COc1cncc(NCCC(C)Cl)n1. The van der Waals surface area contributed by atoms with Gasteiger partial charge in [-0.25, -0.2) is 0 Å². The molecule has 0 bridgehead atoms. The largest absolute Gasteiger partial charge is 0.480 e. The molecule has 4 nitrogen and oxygen atoms in total. The summed E-state index contributed by atoms with van der Waals surface area (Å²) in [6.07, 6.45) is 4.11. The number of nitrogens with zero attached hydrogens (tertiary/aromatic N) is 2. The molecule has 0 amide bonds. The Kier molecular flexibility index (Phi) is 4.46. The molecular weight excluding hydrogens is 202 g/mol. The molecule has 78 valence electrons. The summed E-state index contributed by atoms with van der Waals surface area (Å²) >= 11 is 5.80. The molecule has 0 fully saturated rings. The van der Waals surface area contributed by atoms with Crippen LogP contribution in [-0.2, 0) is 0 Å². The number of halogens is 1. The zero-order valence-electron chi connectivity index (χ0n) is 8.33. The first-order chi connectivity index (χ1) is 6.72. The number of ether oxygens (including phenoxy) is 1. The Balaban J connectivity index is 2.42. The Morgan fingerprint density at radius 1 is 1.57 bits per heavy atom. The monoisotopic (exact) mass is 215 g/mol. The van der Waals surface area contributed by atoms with E-state index in [1.165, 1.54) is 0 Å². The van der Waals surface area contributed by atoms with Gasteiger partial charge in [0.2, 0.25) is 5.88 Å². The first-order valence-corrected chi connectivity index (χ1v) is 4.90. The van der Waals surface area contributed by atoms with Gasteiger partial charge in [0.05, 0.1) is 19.5 Å². The third kappa shape index (κ3) is 3.79. The van der Waals surface area contributed by atoms with Crippen LogP contribution in [0, 0.1) is 0 Å². The highest BCUT2D eigenvalue weighted by Gasteiger charge is 1.99. The van der Waals surface area contributed by atoms with Crippen molar-refractivity contribution in [2.45, 2.75) is 18.7 Å². The molecule has 5 heteroatoms. The third-order valence-corrected chi connectivity index (χ3v) is 1.89. The molecule has 1 rings (SSSR count). The topological polar surface area (TPSA) is 47.0 Å². The molecule has 0 aliphatic heterocycles. The summed E-state index contributed by atoms with van der Waals surface area (Å²) < 4.78 is 4.94. The molecule has 1 atom stereocenters. The molecule has 1 heterocycles. The second-order valence-corrected chi connectivity index (χ2v) is 3.69. The fraction of sp³-hybridized carbons (Fsp3) is 0.556. The second kappa shape index (κ2) is 5.65. The first-order valence-electron chi connectivity index (χ1n) is 4.46. The van der Waals surface area contributed by atoms with Crippen LogP contribution in [0.3, 0.4) is 0 Å². The predicted octanol–water partition coefficient (Wildman–Crippen LogP) is 1.91. The van der Waals surface area contributed by atoms with Gasteiger partial charge in [-0.1, -0.05) is 0 Å². The molecule has 0 aliphatic carbocycles. The summed E-state index contributed by atoms with van der Waals surface area (Å²) in [5.74, 6) is 1.22. The lowest BCUT2D eigenvalue weighted by molar-refractivity contribution is 0.396. The fourth-order valence-corrected chi connectivity index (χ4v) is 1.04. The van der Waals surface area contributed by atoms with Gasteiger partial charge < -0.3 is 10.1 Å². The van der Waals surface area contributed by atoms with E-state index in [0.29, 0.717) is 11.7 Å². The van der Waals surface area contributed by atoms with Gasteiger partial charge in [-0.05, 0) is 13.3 Å². The molecule has 0 spiro atoms. The Hall–Kier alpha value is -1.03. The van der Waals surface area contributed by atoms with Crippen molar-refractivity contribution in [3.8, 4) is 5.88 Å². The van der Waals surface area contributed by atoms with Crippen molar-refractivity contribution in [1.29, 1.82) is 0 Å².